The molecule has 2 radical (unpaired) electrons. The van der Waals surface area contributed by atoms with Crippen LogP contribution in [0, 0.1) is 0 Å². The van der Waals surface area contributed by atoms with Crippen LogP contribution in [0.15, 0.2) is 0 Å². The second-order valence-corrected chi connectivity index (χ2v) is 1.68. The zero-order valence-electron chi connectivity index (χ0n) is 3.25. The molecule has 0 saturated heterocycles. The molecule has 0 aliphatic heterocycles. The van der Waals surface area contributed by atoms with Crippen LogP contribution < -0.4 is 8.32 Å². The third kappa shape index (κ3) is 173. The van der Waals surface area contributed by atoms with Gasteiger partial charge in [0.25, 0.3) is 0 Å². The largest absolute Gasteiger partial charge is 2.00 e. The fourth-order valence-electron chi connectivity index (χ4n) is 0. The number of hydrogen-bond donors (Lipinski definition) is 0. The first kappa shape index (κ1) is 16.1. The smallest absolute Gasteiger partial charge is 2.00 e. The Morgan fingerprint density at radius 1 is 1.12 bits per heavy atom. The molecule has 0 fully saturated rings. The van der Waals surface area contributed by atoms with E-state index in [4.69, 9.17) is 19.8 Å². The molecule has 0 aliphatic carbocycles. The Kier molecular flexibility index (Phi) is 16.7. The summed E-state index contributed by atoms with van der Waals surface area (Å²) in [5, 5.41) is 0. The predicted molar refractivity (Wildman–Crippen MR) is 7.81 cm³/mol. The zero-order valence-corrected chi connectivity index (χ0v) is 9.36. The molecule has 0 bridgehead atoms. The first-order valence-electron chi connectivity index (χ1n) is 0.790. The van der Waals surface area contributed by atoms with Gasteiger partial charge in [0.1, 0.15) is 0 Å². The van der Waals surface area contributed by atoms with Gasteiger partial charge in [0, 0.05) is 0 Å². The molecule has 0 aromatic rings. The van der Waals surface area contributed by atoms with Crippen LogP contribution in [0.25, 0.3) is 0 Å². The van der Waals surface area contributed by atoms with Crippen molar-refractivity contribution in [2.24, 2.45) is 0 Å². The van der Waals surface area contributed by atoms with Crippen molar-refractivity contribution in [2.45, 2.75) is 0 Å². The molecule has 0 saturated carbocycles. The molecule has 51 valence electrons. The third-order valence-corrected chi connectivity index (χ3v) is 0. The molecule has 0 aromatic heterocycles. The molecular formula is CrCuO5Pb. The van der Waals surface area contributed by atoms with Gasteiger partial charge in [-0.3, -0.25) is 0 Å². The van der Waals surface area contributed by atoms with Crippen LogP contribution in [0.1, 0.15) is 0 Å². The van der Waals surface area contributed by atoms with E-state index in [1.165, 1.54) is 0 Å². The van der Waals surface area contributed by atoms with Crippen molar-refractivity contribution in [1.29, 1.82) is 0 Å². The minimum atomic E-state index is -5.75. The quantitative estimate of drug-likeness (QED) is 0.399. The van der Waals surface area contributed by atoms with Crippen LogP contribution in [-0.4, -0.2) is 27.3 Å². The zero-order chi connectivity index (χ0) is 6.50. The van der Waals surface area contributed by atoms with Gasteiger partial charge < -0.3 is 0 Å². The molecule has 0 aromatic carbocycles. The van der Waals surface area contributed by atoms with Crippen LogP contribution in [0.2, 0.25) is 0 Å². The summed E-state index contributed by atoms with van der Waals surface area (Å²) in [4.78, 5) is 0. The van der Waals surface area contributed by atoms with E-state index in [0.717, 1.165) is 0 Å². The molecule has 0 unspecified atom stereocenters. The molecule has 0 spiro atoms. The van der Waals surface area contributed by atoms with E-state index in [2.05, 4.69) is 15.9 Å². The van der Waals surface area contributed by atoms with Gasteiger partial charge in [-0.25, -0.2) is 0 Å². The van der Waals surface area contributed by atoms with Crippen LogP contribution >= 0.6 is 0 Å². The molecule has 0 heterocycles. The van der Waals surface area contributed by atoms with Crippen LogP contribution in [0.4, 0.5) is 0 Å². The summed E-state index contributed by atoms with van der Waals surface area (Å²) >= 11 is -2.81. The van der Waals surface area contributed by atoms with E-state index < -0.39 is 13.6 Å². The van der Waals surface area contributed by atoms with Gasteiger partial charge in [-0.15, -0.1) is 0 Å². The average molecular weight is 403 g/mol. The first-order chi connectivity index (χ1) is 3.00. The summed E-state index contributed by atoms with van der Waals surface area (Å²) in [6.07, 6.45) is 0. The first-order valence-corrected chi connectivity index (χ1v) is 3.26. The van der Waals surface area contributed by atoms with Gasteiger partial charge in [-0.05, 0) is 0 Å². The second kappa shape index (κ2) is 8.29. The maximum Gasteiger partial charge on any atom is 2.00 e. The monoisotopic (exact) mass is 403 g/mol. The molecule has 8 heteroatoms. The average Bonchev–Trinajstić information content (AvgIpc) is 1.36. The normalized spacial score (nSPS) is 8.00. The van der Waals surface area contributed by atoms with Crippen LogP contribution in [0.5, 0.6) is 0 Å². The summed E-state index contributed by atoms with van der Waals surface area (Å²) in [5.41, 5.74) is 0. The topological polar surface area (TPSA) is 97.3 Å². The van der Waals surface area contributed by atoms with Gasteiger partial charge in [0.15, 0.2) is 0 Å². The standard InChI is InChI=1S/Cr.Cu.5O.Pb/q;;;;;2*-1;+2. The van der Waals surface area contributed by atoms with Gasteiger partial charge >= 0.3 is 76.6 Å². The maximum absolute atomic E-state index is 8.59. The number of rotatable bonds is 0. The van der Waals surface area contributed by atoms with E-state index in [1.54, 1.807) is 0 Å². The van der Waals surface area contributed by atoms with Crippen molar-refractivity contribution < 1.29 is 49.3 Å². The molecular weight excluding hydrogens is 403 g/mol. The minimum absolute atomic E-state index is 0. The molecule has 0 aliphatic rings. The molecule has 0 amide bonds. The van der Waals surface area contributed by atoms with Crippen LogP contribution in [0.3, 0.4) is 0 Å². The maximum atomic E-state index is 8.59. The Balaban J connectivity index is -0.0000000750. The Morgan fingerprint density at radius 2 is 1.12 bits per heavy atom. The summed E-state index contributed by atoms with van der Waals surface area (Å²) in [6, 6.07) is 0. The van der Waals surface area contributed by atoms with Crippen molar-refractivity contribution in [3.63, 3.8) is 0 Å². The van der Waals surface area contributed by atoms with Crippen molar-refractivity contribution in [3.05, 3.63) is 0 Å². The molecule has 5 nitrogen and oxygen atoms in total. The van der Waals surface area contributed by atoms with Gasteiger partial charge in [0.05, 0.1) is 0 Å². The summed E-state index contributed by atoms with van der Waals surface area (Å²) in [7, 11) is 0. The van der Waals surface area contributed by atoms with E-state index >= 15 is 0 Å². The Labute approximate surface area is 76.0 Å². The second-order valence-electron chi connectivity index (χ2n) is 0.408. The Hall–Kier alpha value is 1.29. The van der Waals surface area contributed by atoms with Crippen LogP contribution in [-0.2, 0) is 41.0 Å². The van der Waals surface area contributed by atoms with Crippen molar-refractivity contribution in [3.8, 4) is 0 Å². The fraction of sp³-hybridized carbons (Fsp3) is 0. The van der Waals surface area contributed by atoms with E-state index in [-0.39, 0.29) is 27.3 Å². The van der Waals surface area contributed by atoms with E-state index in [9.17, 15) is 0 Å². The van der Waals surface area contributed by atoms with Crippen molar-refractivity contribution >= 4 is 27.3 Å². The summed E-state index contributed by atoms with van der Waals surface area (Å²) in [6.45, 7) is 0. The fourth-order valence-corrected chi connectivity index (χ4v) is 0. The van der Waals surface area contributed by atoms with Gasteiger partial charge in [0.2, 0.25) is 0 Å². The van der Waals surface area contributed by atoms with Gasteiger partial charge in [-0.2, -0.15) is 0 Å². The SMILES string of the molecule is [O]=[Cr](=[O])([O-])[O-].[O]=[Cu].[Pb+2]. The van der Waals surface area contributed by atoms with Crippen molar-refractivity contribution in [2.75, 3.05) is 0 Å². The summed E-state index contributed by atoms with van der Waals surface area (Å²) in [5.74, 6) is 0. The van der Waals surface area contributed by atoms with E-state index in [1.807, 2.05) is 0 Å². The third-order valence-electron chi connectivity index (χ3n) is 0. The van der Waals surface area contributed by atoms with Crippen molar-refractivity contribution in [1.82, 2.24) is 0 Å². The van der Waals surface area contributed by atoms with Gasteiger partial charge in [-0.1, -0.05) is 0 Å². The summed E-state index contributed by atoms with van der Waals surface area (Å²) < 4.78 is 42.2. The molecule has 0 rings (SSSR count). The minimum Gasteiger partial charge on any atom is 2.00 e. The molecule has 8 heavy (non-hydrogen) atoms. The number of hydrogen-bond acceptors (Lipinski definition) is 5. The predicted octanol–water partition coefficient (Wildman–Crippen LogP) is -3.12. The molecule has 0 atom stereocenters. The molecule has 0 N–H and O–H groups in total. The van der Waals surface area contributed by atoms with E-state index in [0.29, 0.717) is 0 Å². The Bertz CT molecular complexity index is 106. The Morgan fingerprint density at radius 3 is 1.12 bits per heavy atom.